The van der Waals surface area contributed by atoms with E-state index in [0.29, 0.717) is 5.16 Å². The Labute approximate surface area is 132 Å². The van der Waals surface area contributed by atoms with Gasteiger partial charge in [-0.3, -0.25) is 9.59 Å². The third kappa shape index (κ3) is 4.63. The van der Waals surface area contributed by atoms with E-state index in [9.17, 15) is 9.59 Å². The van der Waals surface area contributed by atoms with Crippen molar-refractivity contribution < 1.29 is 9.53 Å². The maximum atomic E-state index is 12.0. The summed E-state index contributed by atoms with van der Waals surface area (Å²) < 4.78 is 4.92. The summed E-state index contributed by atoms with van der Waals surface area (Å²) in [7, 11) is 1.43. The monoisotopic (exact) mass is 319 g/mol. The first kappa shape index (κ1) is 16.1. The molecule has 7 heteroatoms. The van der Waals surface area contributed by atoms with Crippen LogP contribution in [-0.2, 0) is 4.79 Å². The van der Waals surface area contributed by atoms with E-state index in [1.165, 1.54) is 13.2 Å². The number of thioether (sulfide) groups is 1. The predicted molar refractivity (Wildman–Crippen MR) is 85.1 cm³/mol. The van der Waals surface area contributed by atoms with Crippen LogP contribution in [0.4, 0.5) is 0 Å². The molecule has 0 aliphatic carbocycles. The molecule has 1 aromatic heterocycles. The number of amides is 1. The minimum absolute atomic E-state index is 0.0772. The van der Waals surface area contributed by atoms with E-state index in [2.05, 4.69) is 15.3 Å². The van der Waals surface area contributed by atoms with Gasteiger partial charge in [0.1, 0.15) is 0 Å². The summed E-state index contributed by atoms with van der Waals surface area (Å²) in [5.41, 5.74) is 0.723. The van der Waals surface area contributed by atoms with E-state index in [4.69, 9.17) is 4.74 Å². The molecule has 0 fully saturated rings. The first-order chi connectivity index (χ1) is 10.6. The topological polar surface area (TPSA) is 84.1 Å². The first-order valence-electron chi connectivity index (χ1n) is 6.71. The summed E-state index contributed by atoms with van der Waals surface area (Å²) in [6, 6.07) is 10.9. The number of carbonyl (C=O) groups is 1. The Bertz CT molecular complexity index is 688. The highest BCUT2D eigenvalue weighted by molar-refractivity contribution is 7.99. The molecule has 0 radical (unpaired) electrons. The highest BCUT2D eigenvalue weighted by Crippen LogP contribution is 2.15. The molecule has 2 rings (SSSR count). The molecule has 1 amide bonds. The zero-order valence-corrected chi connectivity index (χ0v) is 13.1. The average Bonchev–Trinajstić information content (AvgIpc) is 2.53. The molecule has 0 saturated heterocycles. The fraction of sp³-hybridized carbons (Fsp3) is 0.267. The predicted octanol–water partition coefficient (Wildman–Crippen LogP) is 1.75. The van der Waals surface area contributed by atoms with Crippen molar-refractivity contribution in [3.05, 3.63) is 52.3 Å². The summed E-state index contributed by atoms with van der Waals surface area (Å²) in [5, 5.41) is 3.25. The average molecular weight is 319 g/mol. The van der Waals surface area contributed by atoms with Crippen molar-refractivity contribution in [2.24, 2.45) is 0 Å². The smallest absolute Gasteiger partial charge is 0.255 e. The molecule has 1 atom stereocenters. The van der Waals surface area contributed by atoms with Crippen molar-refractivity contribution in [1.82, 2.24) is 15.3 Å². The summed E-state index contributed by atoms with van der Waals surface area (Å²) in [4.78, 5) is 30.0. The van der Waals surface area contributed by atoms with Crippen molar-refractivity contribution in [1.29, 1.82) is 0 Å². The van der Waals surface area contributed by atoms with E-state index >= 15 is 0 Å². The zero-order chi connectivity index (χ0) is 15.9. The number of aromatic nitrogens is 2. The number of methoxy groups -OCH3 is 1. The largest absolute Gasteiger partial charge is 0.481 e. The fourth-order valence-corrected chi connectivity index (χ4v) is 2.51. The molecule has 0 unspecified atom stereocenters. The number of carbonyl (C=O) groups excluding carboxylic acids is 1. The third-order valence-electron chi connectivity index (χ3n) is 2.92. The quantitative estimate of drug-likeness (QED) is 0.626. The lowest BCUT2D eigenvalue weighted by Gasteiger charge is -2.13. The van der Waals surface area contributed by atoms with Crippen LogP contribution in [-0.4, -0.2) is 28.7 Å². The normalized spacial score (nSPS) is 11.7. The minimum atomic E-state index is -0.313. The number of H-pyrrole nitrogens is 1. The van der Waals surface area contributed by atoms with Crippen LogP contribution in [0.1, 0.15) is 18.5 Å². The van der Waals surface area contributed by atoms with E-state index in [1.54, 1.807) is 0 Å². The van der Waals surface area contributed by atoms with E-state index < -0.39 is 0 Å². The summed E-state index contributed by atoms with van der Waals surface area (Å²) in [5.74, 6) is 0.254. The van der Waals surface area contributed by atoms with Gasteiger partial charge in [-0.25, -0.2) is 0 Å². The molecule has 22 heavy (non-hydrogen) atoms. The maximum absolute atomic E-state index is 12.0. The number of benzene rings is 1. The van der Waals surface area contributed by atoms with Gasteiger partial charge >= 0.3 is 0 Å². The van der Waals surface area contributed by atoms with E-state index in [-0.39, 0.29) is 29.1 Å². The van der Waals surface area contributed by atoms with Gasteiger partial charge in [-0.2, -0.15) is 4.98 Å². The number of hydrogen-bond acceptors (Lipinski definition) is 5. The standard InChI is InChI=1S/C15H17N3O3S/c1-10(11-6-4-3-5-7-11)16-13(20)9-22-15-17-12(19)8-14(18-15)21-2/h3-8,10H,9H2,1-2H3,(H,16,20)(H,17,18,19)/t10-/m1/s1. The van der Waals surface area contributed by atoms with Gasteiger partial charge in [-0.1, -0.05) is 42.1 Å². The molecule has 0 spiro atoms. The third-order valence-corrected chi connectivity index (χ3v) is 3.80. The lowest BCUT2D eigenvalue weighted by atomic mass is 10.1. The van der Waals surface area contributed by atoms with E-state index in [1.807, 2.05) is 37.3 Å². The lowest BCUT2D eigenvalue weighted by Crippen LogP contribution is -2.28. The number of ether oxygens (including phenoxy) is 1. The summed E-state index contributed by atoms with van der Waals surface area (Å²) in [6.45, 7) is 1.92. The molecule has 2 aromatic rings. The van der Waals surface area contributed by atoms with Gasteiger partial charge in [0.25, 0.3) is 5.56 Å². The van der Waals surface area contributed by atoms with Crippen molar-refractivity contribution in [2.45, 2.75) is 18.1 Å². The number of hydrogen-bond donors (Lipinski definition) is 2. The molecule has 0 aliphatic rings. The number of aromatic amines is 1. The molecule has 2 N–H and O–H groups in total. The lowest BCUT2D eigenvalue weighted by molar-refractivity contribution is -0.119. The number of nitrogens with one attached hydrogen (secondary N) is 2. The van der Waals surface area contributed by atoms with Gasteiger partial charge < -0.3 is 15.0 Å². The Morgan fingerprint density at radius 2 is 2.14 bits per heavy atom. The van der Waals surface area contributed by atoms with Crippen LogP contribution in [0, 0.1) is 0 Å². The van der Waals surface area contributed by atoms with Crippen LogP contribution < -0.4 is 15.6 Å². The van der Waals surface area contributed by atoms with Crippen LogP contribution in [0.25, 0.3) is 0 Å². The Morgan fingerprint density at radius 3 is 2.82 bits per heavy atom. The molecule has 0 saturated carbocycles. The Hall–Kier alpha value is -2.28. The second-order valence-corrected chi connectivity index (χ2v) is 5.55. The molecule has 116 valence electrons. The fourth-order valence-electron chi connectivity index (χ4n) is 1.83. The molecule has 6 nitrogen and oxygen atoms in total. The van der Waals surface area contributed by atoms with Gasteiger partial charge in [0.05, 0.1) is 25.0 Å². The number of nitrogens with zero attached hydrogens (tertiary/aromatic N) is 1. The highest BCUT2D eigenvalue weighted by Gasteiger charge is 2.10. The van der Waals surface area contributed by atoms with Crippen LogP contribution in [0.2, 0.25) is 0 Å². The molecule has 0 bridgehead atoms. The highest BCUT2D eigenvalue weighted by atomic mass is 32.2. The van der Waals surface area contributed by atoms with Gasteiger partial charge in [-0.05, 0) is 12.5 Å². The van der Waals surface area contributed by atoms with Gasteiger partial charge in [0.2, 0.25) is 11.8 Å². The van der Waals surface area contributed by atoms with Crippen molar-refractivity contribution in [3.8, 4) is 5.88 Å². The van der Waals surface area contributed by atoms with Crippen LogP contribution in [0.3, 0.4) is 0 Å². The van der Waals surface area contributed by atoms with Gasteiger partial charge in [0.15, 0.2) is 5.16 Å². The van der Waals surface area contributed by atoms with Crippen LogP contribution in [0.15, 0.2) is 46.3 Å². The molecular formula is C15H17N3O3S. The zero-order valence-electron chi connectivity index (χ0n) is 12.3. The van der Waals surface area contributed by atoms with Crippen LogP contribution >= 0.6 is 11.8 Å². The second-order valence-electron chi connectivity index (χ2n) is 4.58. The van der Waals surface area contributed by atoms with Gasteiger partial charge in [0, 0.05) is 0 Å². The second kappa shape index (κ2) is 7.65. The SMILES string of the molecule is COc1cc(=O)[nH]c(SCC(=O)N[C@H](C)c2ccccc2)n1. The Kier molecular flexibility index (Phi) is 5.60. The summed E-state index contributed by atoms with van der Waals surface area (Å²) in [6.07, 6.45) is 0. The van der Waals surface area contributed by atoms with Crippen molar-refractivity contribution >= 4 is 17.7 Å². The molecule has 1 heterocycles. The van der Waals surface area contributed by atoms with Crippen LogP contribution in [0.5, 0.6) is 5.88 Å². The number of rotatable bonds is 6. The first-order valence-corrected chi connectivity index (χ1v) is 7.69. The molecular weight excluding hydrogens is 302 g/mol. The Morgan fingerprint density at radius 1 is 1.41 bits per heavy atom. The molecule has 1 aromatic carbocycles. The van der Waals surface area contributed by atoms with E-state index in [0.717, 1.165) is 17.3 Å². The summed E-state index contributed by atoms with van der Waals surface area (Å²) >= 11 is 1.15. The maximum Gasteiger partial charge on any atom is 0.255 e. The minimum Gasteiger partial charge on any atom is -0.481 e. The Balaban J connectivity index is 1.90. The van der Waals surface area contributed by atoms with Crippen molar-refractivity contribution in [2.75, 3.05) is 12.9 Å². The van der Waals surface area contributed by atoms with Crippen molar-refractivity contribution in [3.63, 3.8) is 0 Å². The molecule has 0 aliphatic heterocycles. The van der Waals surface area contributed by atoms with Gasteiger partial charge in [-0.15, -0.1) is 0 Å².